The number of fused-ring (bicyclic) bond motifs is 1. The normalized spacial score (nSPS) is 41.0. The first kappa shape index (κ1) is 14.2. The standard InChI is InChI=1S/C11H14F2O6S/c1-4-6-2-5-3-7(6)9(18-4)8(5)19-10(14)11(12,13)20(15,16)17/h5-10,14H,1-3H2,(H,15,16,17). The van der Waals surface area contributed by atoms with Gasteiger partial charge in [-0.1, -0.05) is 6.58 Å². The molecule has 114 valence electrons. The molecule has 6 atom stereocenters. The maximum atomic E-state index is 13.3. The average Bonchev–Trinajstić information content (AvgIpc) is 2.91. The molecule has 3 aliphatic rings. The minimum atomic E-state index is -5.75. The Morgan fingerprint density at radius 2 is 2.10 bits per heavy atom. The third-order valence-corrected chi connectivity index (χ3v) is 5.37. The Balaban J connectivity index is 1.75. The summed E-state index contributed by atoms with van der Waals surface area (Å²) >= 11 is 0. The number of rotatable bonds is 4. The molecular formula is C11H14F2O6S. The van der Waals surface area contributed by atoms with E-state index in [-0.39, 0.29) is 17.8 Å². The second-order valence-corrected chi connectivity index (χ2v) is 7.03. The monoisotopic (exact) mass is 312 g/mol. The Labute approximate surface area is 114 Å². The summed E-state index contributed by atoms with van der Waals surface area (Å²) in [5.74, 6) is 0.805. The highest BCUT2D eigenvalue weighted by Gasteiger charge is 2.62. The lowest BCUT2D eigenvalue weighted by molar-refractivity contribution is -0.238. The minimum Gasteiger partial charge on any atom is -0.492 e. The van der Waals surface area contributed by atoms with Crippen LogP contribution in [0.1, 0.15) is 12.8 Å². The van der Waals surface area contributed by atoms with E-state index in [1.165, 1.54) is 0 Å². The molecule has 2 saturated carbocycles. The first-order valence-corrected chi connectivity index (χ1v) is 7.60. The third-order valence-electron chi connectivity index (χ3n) is 4.48. The van der Waals surface area contributed by atoms with Gasteiger partial charge < -0.3 is 14.6 Å². The van der Waals surface area contributed by atoms with Crippen LogP contribution >= 0.6 is 0 Å². The summed E-state index contributed by atoms with van der Waals surface area (Å²) in [7, 11) is -5.75. The fraction of sp³-hybridized carbons (Fsp3) is 0.818. The van der Waals surface area contributed by atoms with Crippen molar-refractivity contribution in [1.82, 2.24) is 0 Å². The predicted molar refractivity (Wildman–Crippen MR) is 61.1 cm³/mol. The highest BCUT2D eigenvalue weighted by Crippen LogP contribution is 2.58. The topological polar surface area (TPSA) is 93.1 Å². The molecule has 0 aromatic heterocycles. The van der Waals surface area contributed by atoms with E-state index in [9.17, 15) is 22.3 Å². The van der Waals surface area contributed by atoms with Gasteiger partial charge in [0.15, 0.2) is 0 Å². The summed E-state index contributed by atoms with van der Waals surface area (Å²) in [4.78, 5) is 0. The van der Waals surface area contributed by atoms with Crippen LogP contribution in [0.25, 0.3) is 0 Å². The van der Waals surface area contributed by atoms with Gasteiger partial charge in [-0.3, -0.25) is 4.55 Å². The van der Waals surface area contributed by atoms with E-state index in [0.717, 1.165) is 0 Å². The number of hydrogen-bond donors (Lipinski definition) is 2. The lowest BCUT2D eigenvalue weighted by atomic mass is 9.87. The van der Waals surface area contributed by atoms with Crippen LogP contribution in [0, 0.1) is 17.8 Å². The maximum Gasteiger partial charge on any atom is 0.418 e. The van der Waals surface area contributed by atoms with Gasteiger partial charge in [-0.25, -0.2) is 0 Å². The minimum absolute atomic E-state index is 0.0823. The van der Waals surface area contributed by atoms with Crippen molar-refractivity contribution in [3.63, 3.8) is 0 Å². The number of alkyl halides is 2. The van der Waals surface area contributed by atoms with Gasteiger partial charge in [-0.15, -0.1) is 0 Å². The van der Waals surface area contributed by atoms with Gasteiger partial charge in [-0.05, 0) is 18.8 Å². The van der Waals surface area contributed by atoms with Crippen LogP contribution in [-0.2, 0) is 19.6 Å². The summed E-state index contributed by atoms with van der Waals surface area (Å²) < 4.78 is 66.4. The average molecular weight is 312 g/mol. The summed E-state index contributed by atoms with van der Waals surface area (Å²) in [6.45, 7) is 3.75. The molecule has 6 unspecified atom stereocenters. The first-order chi connectivity index (χ1) is 9.13. The van der Waals surface area contributed by atoms with Crippen molar-refractivity contribution < 1.29 is 36.3 Å². The Morgan fingerprint density at radius 3 is 2.70 bits per heavy atom. The van der Waals surface area contributed by atoms with E-state index in [1.807, 2.05) is 0 Å². The molecule has 3 rings (SSSR count). The summed E-state index contributed by atoms with van der Waals surface area (Å²) in [5.41, 5.74) is 0. The van der Waals surface area contributed by atoms with Gasteiger partial charge in [0.05, 0.1) is 5.76 Å². The van der Waals surface area contributed by atoms with E-state index in [0.29, 0.717) is 18.6 Å². The molecule has 0 spiro atoms. The highest BCUT2D eigenvalue weighted by atomic mass is 32.2. The number of allylic oxidation sites excluding steroid dienone is 1. The number of aliphatic hydroxyl groups is 1. The van der Waals surface area contributed by atoms with E-state index < -0.39 is 33.9 Å². The van der Waals surface area contributed by atoms with Crippen molar-refractivity contribution in [3.05, 3.63) is 12.3 Å². The van der Waals surface area contributed by atoms with Crippen LogP contribution in [0.3, 0.4) is 0 Å². The van der Waals surface area contributed by atoms with Crippen molar-refractivity contribution in [1.29, 1.82) is 0 Å². The molecule has 1 aliphatic heterocycles. The third kappa shape index (κ3) is 1.80. The molecule has 0 aromatic rings. The van der Waals surface area contributed by atoms with Crippen LogP contribution in [0.4, 0.5) is 8.78 Å². The molecule has 9 heteroatoms. The number of aliphatic hydroxyl groups excluding tert-OH is 1. The quantitative estimate of drug-likeness (QED) is 0.587. The van der Waals surface area contributed by atoms with Crippen molar-refractivity contribution in [3.8, 4) is 0 Å². The molecule has 0 amide bonds. The molecule has 3 fully saturated rings. The largest absolute Gasteiger partial charge is 0.492 e. The number of hydrogen-bond acceptors (Lipinski definition) is 5. The fourth-order valence-electron chi connectivity index (χ4n) is 3.59. The lowest BCUT2D eigenvalue weighted by Gasteiger charge is -2.30. The van der Waals surface area contributed by atoms with Gasteiger partial charge >= 0.3 is 15.4 Å². The van der Waals surface area contributed by atoms with E-state index in [1.54, 1.807) is 0 Å². The van der Waals surface area contributed by atoms with E-state index >= 15 is 0 Å². The second kappa shape index (κ2) is 4.12. The summed E-state index contributed by atoms with van der Waals surface area (Å²) in [6, 6.07) is 0. The first-order valence-electron chi connectivity index (χ1n) is 6.16. The predicted octanol–water partition coefficient (Wildman–Crippen LogP) is 0.739. The molecule has 2 N–H and O–H groups in total. The molecule has 20 heavy (non-hydrogen) atoms. The fourth-order valence-corrected chi connectivity index (χ4v) is 3.90. The van der Waals surface area contributed by atoms with Gasteiger partial charge in [0.25, 0.3) is 0 Å². The van der Waals surface area contributed by atoms with E-state index in [4.69, 9.17) is 14.0 Å². The number of halogens is 2. The maximum absolute atomic E-state index is 13.3. The number of ether oxygens (including phenoxy) is 2. The Kier molecular flexibility index (Phi) is 2.92. The zero-order valence-electron chi connectivity index (χ0n) is 10.3. The molecule has 1 heterocycles. The van der Waals surface area contributed by atoms with Crippen molar-refractivity contribution in [2.75, 3.05) is 0 Å². The van der Waals surface area contributed by atoms with Crippen LogP contribution in [0.5, 0.6) is 0 Å². The smallest absolute Gasteiger partial charge is 0.418 e. The van der Waals surface area contributed by atoms with Gasteiger partial charge in [0.2, 0.25) is 6.29 Å². The lowest BCUT2D eigenvalue weighted by Crippen LogP contribution is -2.47. The molecular weight excluding hydrogens is 298 g/mol. The van der Waals surface area contributed by atoms with Crippen LogP contribution < -0.4 is 0 Å². The Morgan fingerprint density at radius 1 is 1.45 bits per heavy atom. The van der Waals surface area contributed by atoms with Gasteiger partial charge in [0, 0.05) is 11.8 Å². The van der Waals surface area contributed by atoms with E-state index in [2.05, 4.69) is 6.58 Å². The van der Waals surface area contributed by atoms with Crippen LogP contribution in [-0.4, -0.2) is 41.8 Å². The van der Waals surface area contributed by atoms with Gasteiger partial charge in [-0.2, -0.15) is 17.2 Å². The molecule has 2 bridgehead atoms. The summed E-state index contributed by atoms with van der Waals surface area (Å²) in [6.07, 6.45) is -2.87. The second-order valence-electron chi connectivity index (χ2n) is 5.54. The SMILES string of the molecule is C=C1OC2C3CC(CC13)C2OC(O)C(F)(F)S(=O)(=O)O. The van der Waals surface area contributed by atoms with Crippen molar-refractivity contribution in [2.24, 2.45) is 17.8 Å². The van der Waals surface area contributed by atoms with Crippen molar-refractivity contribution >= 4 is 10.1 Å². The Bertz CT molecular complexity index is 547. The zero-order chi connectivity index (χ0) is 14.9. The molecule has 0 aromatic carbocycles. The molecule has 2 aliphatic carbocycles. The molecule has 6 nitrogen and oxygen atoms in total. The molecule has 1 saturated heterocycles. The van der Waals surface area contributed by atoms with Crippen LogP contribution in [0.2, 0.25) is 0 Å². The highest BCUT2D eigenvalue weighted by molar-refractivity contribution is 7.86. The van der Waals surface area contributed by atoms with Crippen LogP contribution in [0.15, 0.2) is 12.3 Å². The van der Waals surface area contributed by atoms with Gasteiger partial charge in [0.1, 0.15) is 12.2 Å². The zero-order valence-corrected chi connectivity index (χ0v) is 11.1. The summed E-state index contributed by atoms with van der Waals surface area (Å²) in [5, 5.41) is 4.53. The van der Waals surface area contributed by atoms with Crippen molar-refractivity contribution in [2.45, 2.75) is 36.6 Å². The Hall–Kier alpha value is -0.770. The molecule has 0 radical (unpaired) electrons.